The number of rotatable bonds is 4. The summed E-state index contributed by atoms with van der Waals surface area (Å²) in [5, 5.41) is 0. The molecule has 4 unspecified atom stereocenters. The highest BCUT2D eigenvalue weighted by Crippen LogP contribution is 2.50. The fourth-order valence-corrected chi connectivity index (χ4v) is 5.23. The molecule has 3 nitrogen and oxygen atoms in total. The van der Waals surface area contributed by atoms with Crippen molar-refractivity contribution in [2.24, 2.45) is 17.8 Å². The molecule has 2 aliphatic carbocycles. The zero-order valence-corrected chi connectivity index (χ0v) is 14.0. The predicted octanol–water partition coefficient (Wildman–Crippen LogP) is 4.19. The van der Waals surface area contributed by atoms with E-state index < -0.39 is 0 Å². The third-order valence-corrected chi connectivity index (χ3v) is 6.37. The minimum absolute atomic E-state index is 0.246. The fraction of sp³-hybridized carbons (Fsp3) is 0.650. The molecule has 3 fully saturated rings. The average Bonchev–Trinajstić information content (AvgIpc) is 3.31. The van der Waals surface area contributed by atoms with Crippen molar-refractivity contribution in [3.8, 4) is 5.75 Å². The number of benzene rings is 1. The van der Waals surface area contributed by atoms with Crippen molar-refractivity contribution < 1.29 is 9.53 Å². The summed E-state index contributed by atoms with van der Waals surface area (Å²) in [5.74, 6) is 3.68. The van der Waals surface area contributed by atoms with Gasteiger partial charge in [0.15, 0.2) is 0 Å². The quantitative estimate of drug-likeness (QED) is 0.834. The van der Waals surface area contributed by atoms with E-state index >= 15 is 0 Å². The van der Waals surface area contributed by atoms with Crippen LogP contribution in [0.3, 0.4) is 0 Å². The molecule has 2 bridgehead atoms. The zero-order chi connectivity index (χ0) is 15.8. The van der Waals surface area contributed by atoms with Crippen LogP contribution in [-0.2, 0) is 4.79 Å². The van der Waals surface area contributed by atoms with Crippen LogP contribution >= 0.6 is 0 Å². The van der Waals surface area contributed by atoms with Crippen LogP contribution in [0.25, 0.3) is 0 Å². The number of fused-ring (bicyclic) bond motifs is 2. The van der Waals surface area contributed by atoms with E-state index in [9.17, 15) is 4.79 Å². The summed E-state index contributed by atoms with van der Waals surface area (Å²) in [6.07, 6.45) is 8.43. The Kier molecular flexibility index (Phi) is 4.04. The number of carbonyl (C=O) groups excluding carboxylic acids is 1. The number of hydrogen-bond acceptors (Lipinski definition) is 2. The number of likely N-dealkylation sites (tertiary alicyclic amines) is 1. The fourth-order valence-electron chi connectivity index (χ4n) is 5.23. The molecule has 1 amide bonds. The monoisotopic (exact) mass is 313 g/mol. The Bertz CT molecular complexity index is 585. The summed E-state index contributed by atoms with van der Waals surface area (Å²) >= 11 is 0. The molecule has 1 saturated heterocycles. The smallest absolute Gasteiger partial charge is 0.223 e. The maximum Gasteiger partial charge on any atom is 0.223 e. The molecule has 4 rings (SSSR count). The van der Waals surface area contributed by atoms with E-state index in [0.29, 0.717) is 11.8 Å². The van der Waals surface area contributed by atoms with Crippen LogP contribution < -0.4 is 4.74 Å². The van der Waals surface area contributed by atoms with Gasteiger partial charge in [-0.25, -0.2) is 0 Å². The first-order valence-electron chi connectivity index (χ1n) is 9.18. The predicted molar refractivity (Wildman–Crippen MR) is 90.2 cm³/mol. The molecule has 23 heavy (non-hydrogen) atoms. The van der Waals surface area contributed by atoms with Gasteiger partial charge in [-0.3, -0.25) is 4.79 Å². The van der Waals surface area contributed by atoms with Gasteiger partial charge in [0.1, 0.15) is 5.75 Å². The van der Waals surface area contributed by atoms with Crippen LogP contribution in [0.4, 0.5) is 0 Å². The standard InChI is InChI=1S/C20H27NO2/c1-23-18-5-2-4-16(12-18)19-6-3-9-21(19)20(22)13-17-11-14-7-8-15(17)10-14/h2,4-5,12,14-15,17,19H,3,6-11,13H2,1H3. The summed E-state index contributed by atoms with van der Waals surface area (Å²) in [5.41, 5.74) is 1.23. The topological polar surface area (TPSA) is 29.5 Å². The van der Waals surface area contributed by atoms with Gasteiger partial charge >= 0.3 is 0 Å². The van der Waals surface area contributed by atoms with Gasteiger partial charge in [0, 0.05) is 13.0 Å². The maximum absolute atomic E-state index is 12.9. The second-order valence-corrected chi connectivity index (χ2v) is 7.66. The Morgan fingerprint density at radius 3 is 2.91 bits per heavy atom. The molecule has 1 aromatic carbocycles. The highest BCUT2D eigenvalue weighted by atomic mass is 16.5. The maximum atomic E-state index is 12.9. The SMILES string of the molecule is COc1cccc(C2CCCN2C(=O)CC2CC3CCC2C3)c1. The lowest BCUT2D eigenvalue weighted by Crippen LogP contribution is -2.32. The first-order valence-corrected chi connectivity index (χ1v) is 9.18. The summed E-state index contributed by atoms with van der Waals surface area (Å²) in [4.78, 5) is 15.1. The van der Waals surface area contributed by atoms with Gasteiger partial charge in [-0.1, -0.05) is 18.6 Å². The highest BCUT2D eigenvalue weighted by Gasteiger charge is 2.41. The van der Waals surface area contributed by atoms with E-state index in [1.165, 1.54) is 31.2 Å². The Hall–Kier alpha value is -1.51. The van der Waals surface area contributed by atoms with Crippen LogP contribution in [0.1, 0.15) is 56.6 Å². The second-order valence-electron chi connectivity index (χ2n) is 7.66. The minimum atomic E-state index is 0.246. The number of nitrogens with zero attached hydrogens (tertiary/aromatic N) is 1. The van der Waals surface area contributed by atoms with Crippen molar-refractivity contribution in [1.29, 1.82) is 0 Å². The molecule has 0 spiro atoms. The molecule has 1 aromatic rings. The van der Waals surface area contributed by atoms with Crippen molar-refractivity contribution in [2.75, 3.05) is 13.7 Å². The van der Waals surface area contributed by atoms with Gasteiger partial charge in [0.2, 0.25) is 5.91 Å². The lowest BCUT2D eigenvalue weighted by Gasteiger charge is -2.28. The van der Waals surface area contributed by atoms with Gasteiger partial charge in [-0.05, 0) is 67.6 Å². The molecular weight excluding hydrogens is 286 g/mol. The van der Waals surface area contributed by atoms with Gasteiger partial charge in [-0.2, -0.15) is 0 Å². The summed E-state index contributed by atoms with van der Waals surface area (Å²) < 4.78 is 5.35. The van der Waals surface area contributed by atoms with Crippen molar-refractivity contribution in [3.63, 3.8) is 0 Å². The Balaban J connectivity index is 1.45. The molecule has 2 saturated carbocycles. The zero-order valence-electron chi connectivity index (χ0n) is 14.0. The van der Waals surface area contributed by atoms with Crippen LogP contribution in [0.5, 0.6) is 5.75 Å². The third kappa shape index (κ3) is 2.86. The molecule has 0 radical (unpaired) electrons. The molecule has 1 heterocycles. The van der Waals surface area contributed by atoms with E-state index in [4.69, 9.17) is 4.74 Å². The van der Waals surface area contributed by atoms with E-state index in [1.54, 1.807) is 7.11 Å². The van der Waals surface area contributed by atoms with Crippen LogP contribution in [-0.4, -0.2) is 24.5 Å². The molecule has 3 heteroatoms. The van der Waals surface area contributed by atoms with Crippen molar-refractivity contribution >= 4 is 5.91 Å². The van der Waals surface area contributed by atoms with E-state index in [2.05, 4.69) is 17.0 Å². The van der Waals surface area contributed by atoms with Crippen LogP contribution in [0.2, 0.25) is 0 Å². The Morgan fingerprint density at radius 2 is 2.17 bits per heavy atom. The van der Waals surface area contributed by atoms with E-state index in [-0.39, 0.29) is 6.04 Å². The Morgan fingerprint density at radius 1 is 1.26 bits per heavy atom. The first-order chi connectivity index (χ1) is 11.2. The van der Waals surface area contributed by atoms with E-state index in [1.807, 2.05) is 12.1 Å². The van der Waals surface area contributed by atoms with E-state index in [0.717, 1.165) is 43.4 Å². The lowest BCUT2D eigenvalue weighted by molar-refractivity contribution is -0.133. The average molecular weight is 313 g/mol. The number of ether oxygens (including phenoxy) is 1. The van der Waals surface area contributed by atoms with Gasteiger partial charge in [-0.15, -0.1) is 0 Å². The Labute approximate surface area is 139 Å². The summed E-state index contributed by atoms with van der Waals surface area (Å²) in [6.45, 7) is 0.918. The molecule has 124 valence electrons. The molecule has 1 aliphatic heterocycles. The van der Waals surface area contributed by atoms with Gasteiger partial charge < -0.3 is 9.64 Å². The summed E-state index contributed by atoms with van der Waals surface area (Å²) in [6, 6.07) is 8.48. The second kappa shape index (κ2) is 6.18. The molecule has 4 atom stereocenters. The normalized spacial score (nSPS) is 32.5. The van der Waals surface area contributed by atoms with Gasteiger partial charge in [0.25, 0.3) is 0 Å². The number of carbonyl (C=O) groups is 1. The van der Waals surface area contributed by atoms with Crippen LogP contribution in [0, 0.1) is 17.8 Å². The summed E-state index contributed by atoms with van der Waals surface area (Å²) in [7, 11) is 1.70. The lowest BCUT2D eigenvalue weighted by atomic mass is 9.86. The molecular formula is C20H27NO2. The van der Waals surface area contributed by atoms with Crippen molar-refractivity contribution in [3.05, 3.63) is 29.8 Å². The number of hydrogen-bond donors (Lipinski definition) is 0. The van der Waals surface area contributed by atoms with Crippen LogP contribution in [0.15, 0.2) is 24.3 Å². The molecule has 3 aliphatic rings. The van der Waals surface area contributed by atoms with Gasteiger partial charge in [0.05, 0.1) is 13.2 Å². The molecule has 0 aromatic heterocycles. The largest absolute Gasteiger partial charge is 0.497 e. The highest BCUT2D eigenvalue weighted by molar-refractivity contribution is 5.77. The number of amides is 1. The number of methoxy groups -OCH3 is 1. The van der Waals surface area contributed by atoms with Crippen molar-refractivity contribution in [1.82, 2.24) is 4.90 Å². The molecule has 0 N–H and O–H groups in total. The van der Waals surface area contributed by atoms with Crippen molar-refractivity contribution in [2.45, 2.75) is 51.0 Å². The minimum Gasteiger partial charge on any atom is -0.497 e. The third-order valence-electron chi connectivity index (χ3n) is 6.37. The first kappa shape index (κ1) is 15.0.